The van der Waals surface area contributed by atoms with Crippen LogP contribution in [-0.2, 0) is 5.41 Å². The van der Waals surface area contributed by atoms with E-state index in [0.29, 0.717) is 16.9 Å². The quantitative estimate of drug-likeness (QED) is 0.381. The van der Waals surface area contributed by atoms with Gasteiger partial charge in [-0.15, -0.1) is 0 Å². The van der Waals surface area contributed by atoms with Crippen molar-refractivity contribution in [3.05, 3.63) is 98.3 Å². The summed E-state index contributed by atoms with van der Waals surface area (Å²) in [6.45, 7) is 6.32. The van der Waals surface area contributed by atoms with Crippen LogP contribution in [0.4, 0.5) is 11.4 Å². The molecule has 2 heterocycles. The molecule has 37 heavy (non-hydrogen) atoms. The summed E-state index contributed by atoms with van der Waals surface area (Å²) in [5.41, 5.74) is 1.73. The summed E-state index contributed by atoms with van der Waals surface area (Å²) in [5, 5.41) is 5.80. The predicted molar refractivity (Wildman–Crippen MR) is 142 cm³/mol. The number of pyridine rings is 1. The molecule has 1 saturated carbocycles. The van der Waals surface area contributed by atoms with E-state index in [4.69, 9.17) is 0 Å². The molecule has 4 aromatic rings. The van der Waals surface area contributed by atoms with Crippen LogP contribution in [0.3, 0.4) is 0 Å². The van der Waals surface area contributed by atoms with Crippen LogP contribution in [0, 0.1) is 0 Å². The van der Waals surface area contributed by atoms with E-state index < -0.39 is 17.2 Å². The SMILES string of the molecule is CC(C)(C)c1ccc(C(=O)Nc2ccccc2NC(=O)c2cnc3c(c2)c(=O)[nH]c(=O)n3C2CC2)cc1. The number of rotatable bonds is 5. The van der Waals surface area contributed by atoms with Gasteiger partial charge in [0.1, 0.15) is 5.65 Å². The molecule has 0 atom stereocenters. The van der Waals surface area contributed by atoms with Crippen LogP contribution in [0.1, 0.15) is 65.9 Å². The fourth-order valence-corrected chi connectivity index (χ4v) is 4.14. The Morgan fingerprint density at radius 1 is 0.919 bits per heavy atom. The number of hydrogen-bond donors (Lipinski definition) is 3. The van der Waals surface area contributed by atoms with Crippen LogP contribution in [0.25, 0.3) is 11.0 Å². The molecule has 9 heteroatoms. The Morgan fingerprint density at radius 3 is 2.08 bits per heavy atom. The van der Waals surface area contributed by atoms with Crippen LogP contribution in [-0.4, -0.2) is 26.3 Å². The number of carbonyl (C=O) groups is 2. The third-order valence-electron chi connectivity index (χ3n) is 6.39. The van der Waals surface area contributed by atoms with Crippen molar-refractivity contribution in [3.63, 3.8) is 0 Å². The third kappa shape index (κ3) is 4.93. The van der Waals surface area contributed by atoms with Gasteiger partial charge in [-0.25, -0.2) is 9.78 Å². The number of para-hydroxylation sites is 2. The Kier molecular flexibility index (Phi) is 5.99. The highest BCUT2D eigenvalue weighted by molar-refractivity contribution is 6.10. The minimum absolute atomic E-state index is 0.0131. The molecule has 0 saturated heterocycles. The number of carbonyl (C=O) groups excluding carboxylic acids is 2. The van der Waals surface area contributed by atoms with Gasteiger partial charge in [0.25, 0.3) is 17.4 Å². The van der Waals surface area contributed by atoms with Crippen LogP contribution in [0.2, 0.25) is 0 Å². The van der Waals surface area contributed by atoms with Crippen molar-refractivity contribution >= 4 is 34.2 Å². The van der Waals surface area contributed by atoms with E-state index in [0.717, 1.165) is 18.4 Å². The molecule has 2 aromatic heterocycles. The monoisotopic (exact) mass is 497 g/mol. The van der Waals surface area contributed by atoms with Crippen molar-refractivity contribution in [2.24, 2.45) is 0 Å². The van der Waals surface area contributed by atoms with Crippen LogP contribution >= 0.6 is 0 Å². The molecular formula is C28H27N5O4. The molecule has 1 fully saturated rings. The Labute approximate surface area is 212 Å². The molecule has 9 nitrogen and oxygen atoms in total. The normalized spacial score (nSPS) is 13.4. The minimum atomic E-state index is -0.593. The summed E-state index contributed by atoms with van der Waals surface area (Å²) >= 11 is 0. The van der Waals surface area contributed by atoms with Crippen molar-refractivity contribution in [2.45, 2.75) is 45.1 Å². The fourth-order valence-electron chi connectivity index (χ4n) is 4.14. The lowest BCUT2D eigenvalue weighted by atomic mass is 9.87. The molecule has 0 spiro atoms. The smallest absolute Gasteiger partial charge is 0.320 e. The molecule has 188 valence electrons. The summed E-state index contributed by atoms with van der Waals surface area (Å²) in [5.74, 6) is -0.812. The Hall–Kier alpha value is -4.53. The number of aromatic nitrogens is 3. The van der Waals surface area contributed by atoms with Crippen molar-refractivity contribution in [1.82, 2.24) is 14.5 Å². The van der Waals surface area contributed by atoms with Crippen LogP contribution < -0.4 is 21.9 Å². The second-order valence-corrected chi connectivity index (χ2v) is 10.2. The minimum Gasteiger partial charge on any atom is -0.320 e. The maximum Gasteiger partial charge on any atom is 0.330 e. The van der Waals surface area contributed by atoms with E-state index in [1.165, 1.54) is 16.8 Å². The van der Waals surface area contributed by atoms with Gasteiger partial charge in [0, 0.05) is 17.8 Å². The highest BCUT2D eigenvalue weighted by Crippen LogP contribution is 2.34. The molecule has 2 aromatic carbocycles. The largest absolute Gasteiger partial charge is 0.330 e. The predicted octanol–water partition coefficient (Wildman–Crippen LogP) is 4.22. The molecule has 0 unspecified atom stereocenters. The Morgan fingerprint density at radius 2 is 1.51 bits per heavy atom. The molecular weight excluding hydrogens is 470 g/mol. The van der Waals surface area contributed by atoms with E-state index >= 15 is 0 Å². The van der Waals surface area contributed by atoms with E-state index in [2.05, 4.69) is 41.4 Å². The zero-order valence-corrected chi connectivity index (χ0v) is 20.8. The number of H-pyrrole nitrogens is 1. The molecule has 1 aliphatic rings. The van der Waals surface area contributed by atoms with Crippen LogP contribution in [0.5, 0.6) is 0 Å². The van der Waals surface area contributed by atoms with Gasteiger partial charge >= 0.3 is 5.69 Å². The molecule has 2 amide bonds. The van der Waals surface area contributed by atoms with Gasteiger partial charge in [-0.3, -0.25) is 23.9 Å². The summed E-state index contributed by atoms with van der Waals surface area (Å²) in [7, 11) is 0. The number of aromatic amines is 1. The summed E-state index contributed by atoms with van der Waals surface area (Å²) < 4.78 is 1.47. The molecule has 0 bridgehead atoms. The van der Waals surface area contributed by atoms with Gasteiger partial charge in [0.05, 0.1) is 22.3 Å². The Bertz CT molecular complexity index is 1640. The molecule has 3 N–H and O–H groups in total. The summed E-state index contributed by atoms with van der Waals surface area (Å²) in [6, 6.07) is 15.7. The lowest BCUT2D eigenvalue weighted by Crippen LogP contribution is -2.30. The highest BCUT2D eigenvalue weighted by atomic mass is 16.2. The average molecular weight is 498 g/mol. The number of hydrogen-bond acceptors (Lipinski definition) is 5. The first-order valence-electron chi connectivity index (χ1n) is 12.1. The zero-order valence-electron chi connectivity index (χ0n) is 20.8. The third-order valence-corrected chi connectivity index (χ3v) is 6.39. The summed E-state index contributed by atoms with van der Waals surface area (Å²) in [4.78, 5) is 57.2. The molecule has 0 radical (unpaired) electrons. The maximum atomic E-state index is 13.1. The van der Waals surface area contributed by atoms with Gasteiger partial charge in [-0.1, -0.05) is 45.0 Å². The number of amides is 2. The first kappa shape index (κ1) is 24.2. The van der Waals surface area contributed by atoms with Gasteiger partial charge in [-0.2, -0.15) is 0 Å². The number of benzene rings is 2. The van der Waals surface area contributed by atoms with E-state index in [-0.39, 0.29) is 34.0 Å². The van der Waals surface area contributed by atoms with Crippen molar-refractivity contribution in [1.29, 1.82) is 0 Å². The lowest BCUT2D eigenvalue weighted by molar-refractivity contribution is 0.101. The van der Waals surface area contributed by atoms with E-state index in [1.807, 2.05) is 12.1 Å². The van der Waals surface area contributed by atoms with Gasteiger partial charge < -0.3 is 10.6 Å². The summed E-state index contributed by atoms with van der Waals surface area (Å²) in [6.07, 6.45) is 3.02. The molecule has 0 aliphatic heterocycles. The first-order valence-corrected chi connectivity index (χ1v) is 12.1. The number of nitrogens with one attached hydrogen (secondary N) is 3. The second-order valence-electron chi connectivity index (χ2n) is 10.2. The van der Waals surface area contributed by atoms with Gasteiger partial charge in [0.2, 0.25) is 0 Å². The fraction of sp³-hybridized carbons (Fsp3) is 0.250. The number of fused-ring (bicyclic) bond motifs is 1. The average Bonchev–Trinajstić information content (AvgIpc) is 3.70. The van der Waals surface area contributed by atoms with Crippen LogP contribution in [0.15, 0.2) is 70.4 Å². The van der Waals surface area contributed by atoms with E-state index in [9.17, 15) is 19.2 Å². The Balaban J connectivity index is 1.38. The maximum absolute atomic E-state index is 13.1. The van der Waals surface area contributed by atoms with E-state index in [1.54, 1.807) is 36.4 Å². The topological polar surface area (TPSA) is 126 Å². The van der Waals surface area contributed by atoms with Gasteiger partial charge in [0.15, 0.2) is 0 Å². The van der Waals surface area contributed by atoms with Crippen molar-refractivity contribution in [2.75, 3.05) is 10.6 Å². The molecule has 1 aliphatic carbocycles. The van der Waals surface area contributed by atoms with Crippen molar-refractivity contribution < 1.29 is 9.59 Å². The zero-order chi connectivity index (χ0) is 26.3. The highest BCUT2D eigenvalue weighted by Gasteiger charge is 2.28. The van der Waals surface area contributed by atoms with Crippen molar-refractivity contribution in [3.8, 4) is 0 Å². The second kappa shape index (κ2) is 9.16. The molecule has 5 rings (SSSR count). The first-order chi connectivity index (χ1) is 17.6. The number of nitrogens with zero attached hydrogens (tertiary/aromatic N) is 2. The lowest BCUT2D eigenvalue weighted by Gasteiger charge is -2.19. The number of anilines is 2. The standard InChI is InChI=1S/C28H27N5O4/c1-28(2,3)18-10-8-16(9-11-18)24(34)30-21-6-4-5-7-22(21)31-25(35)17-14-20-23(29-15-17)33(19-12-13-19)27(37)32-26(20)36/h4-11,14-15,19H,12-13H2,1-3H3,(H,30,34)(H,31,35)(H,32,36,37). The van der Waals surface area contributed by atoms with Gasteiger partial charge in [-0.05, 0) is 54.2 Å².